The van der Waals surface area contributed by atoms with E-state index >= 15 is 0 Å². The second-order valence-corrected chi connectivity index (χ2v) is 8.17. The summed E-state index contributed by atoms with van der Waals surface area (Å²) >= 11 is 0. The highest BCUT2D eigenvalue weighted by atomic mass is 16.5. The van der Waals surface area contributed by atoms with Gasteiger partial charge in [0.15, 0.2) is 6.10 Å². The van der Waals surface area contributed by atoms with E-state index in [-0.39, 0.29) is 29.7 Å². The van der Waals surface area contributed by atoms with Crippen LogP contribution >= 0.6 is 0 Å². The van der Waals surface area contributed by atoms with Crippen molar-refractivity contribution in [2.75, 3.05) is 0 Å². The molecule has 6 nitrogen and oxygen atoms in total. The van der Waals surface area contributed by atoms with E-state index in [2.05, 4.69) is 0 Å². The summed E-state index contributed by atoms with van der Waals surface area (Å²) in [6.45, 7) is 5.40. The van der Waals surface area contributed by atoms with E-state index in [4.69, 9.17) is 9.15 Å². The second kappa shape index (κ2) is 7.24. The van der Waals surface area contributed by atoms with Crippen LogP contribution in [0.25, 0.3) is 11.0 Å². The van der Waals surface area contributed by atoms with Gasteiger partial charge < -0.3 is 19.2 Å². The standard InChI is InChI=1S/C22H27NO5/c1-12-13(2)22(26)28-20-11-18(7-8-19(12)20)27-14(3)21(25)23-15-5-4-6-16(23)10-17(24)9-15/h7-8,11,14-17,24H,4-6,9-10H2,1-3H3/t14?,15-,16+,17?. The molecule has 0 saturated carbocycles. The number of aliphatic hydroxyl groups is 1. The number of amides is 1. The van der Waals surface area contributed by atoms with Gasteiger partial charge in [0, 0.05) is 29.1 Å². The molecule has 2 aromatic rings. The molecule has 2 saturated heterocycles. The van der Waals surface area contributed by atoms with Crippen molar-refractivity contribution in [1.82, 2.24) is 4.90 Å². The zero-order valence-corrected chi connectivity index (χ0v) is 16.6. The van der Waals surface area contributed by atoms with Crippen molar-refractivity contribution in [1.29, 1.82) is 0 Å². The number of carbonyl (C=O) groups excluding carboxylic acids is 1. The van der Waals surface area contributed by atoms with Crippen molar-refractivity contribution >= 4 is 16.9 Å². The number of fused-ring (bicyclic) bond motifs is 3. The maximum atomic E-state index is 13.1. The van der Waals surface area contributed by atoms with Gasteiger partial charge >= 0.3 is 5.63 Å². The first kappa shape index (κ1) is 19.0. The van der Waals surface area contributed by atoms with Crippen LogP contribution in [0.4, 0.5) is 0 Å². The van der Waals surface area contributed by atoms with Crippen LogP contribution in [0.2, 0.25) is 0 Å². The number of carbonyl (C=O) groups is 1. The van der Waals surface area contributed by atoms with Crippen LogP contribution in [0.3, 0.4) is 0 Å². The number of hydrogen-bond acceptors (Lipinski definition) is 5. The minimum absolute atomic E-state index is 0.0387. The minimum atomic E-state index is -0.644. The van der Waals surface area contributed by atoms with Crippen LogP contribution in [-0.4, -0.2) is 40.2 Å². The molecule has 1 N–H and O–H groups in total. The Kier molecular flexibility index (Phi) is 4.91. The molecular weight excluding hydrogens is 358 g/mol. The summed E-state index contributed by atoms with van der Waals surface area (Å²) in [5, 5.41) is 10.9. The molecule has 2 fully saturated rings. The van der Waals surface area contributed by atoms with Crippen molar-refractivity contribution in [3.63, 3.8) is 0 Å². The zero-order chi connectivity index (χ0) is 20.0. The van der Waals surface area contributed by atoms with Crippen molar-refractivity contribution in [3.05, 3.63) is 39.7 Å². The lowest BCUT2D eigenvalue weighted by molar-refractivity contribution is -0.150. The fourth-order valence-corrected chi connectivity index (χ4v) is 4.68. The number of hydrogen-bond donors (Lipinski definition) is 1. The molecule has 3 heterocycles. The number of benzene rings is 1. The van der Waals surface area contributed by atoms with Crippen molar-refractivity contribution in [3.8, 4) is 5.75 Å². The Morgan fingerprint density at radius 2 is 1.89 bits per heavy atom. The van der Waals surface area contributed by atoms with E-state index in [0.29, 0.717) is 29.7 Å². The minimum Gasteiger partial charge on any atom is -0.481 e. The van der Waals surface area contributed by atoms with Crippen LogP contribution in [0, 0.1) is 13.8 Å². The molecule has 2 aliphatic heterocycles. The van der Waals surface area contributed by atoms with Gasteiger partial charge in [0.05, 0.1) is 6.10 Å². The third-order valence-corrected chi connectivity index (χ3v) is 6.29. The molecule has 1 aromatic carbocycles. The monoisotopic (exact) mass is 385 g/mol. The predicted molar refractivity (Wildman–Crippen MR) is 106 cm³/mol. The predicted octanol–water partition coefficient (Wildman–Crippen LogP) is 3.08. The molecule has 0 spiro atoms. The van der Waals surface area contributed by atoms with E-state index < -0.39 is 6.10 Å². The quantitative estimate of drug-likeness (QED) is 0.822. The molecule has 28 heavy (non-hydrogen) atoms. The largest absolute Gasteiger partial charge is 0.481 e. The van der Waals surface area contributed by atoms with E-state index in [9.17, 15) is 14.7 Å². The summed E-state index contributed by atoms with van der Waals surface area (Å²) in [6.07, 6.45) is 3.31. The molecule has 2 unspecified atom stereocenters. The first-order valence-corrected chi connectivity index (χ1v) is 10.1. The van der Waals surface area contributed by atoms with Crippen molar-refractivity contribution in [2.45, 2.75) is 77.2 Å². The number of aryl methyl sites for hydroxylation is 1. The zero-order valence-electron chi connectivity index (χ0n) is 16.6. The Bertz CT molecular complexity index is 951. The van der Waals surface area contributed by atoms with E-state index in [0.717, 1.165) is 30.2 Å². The molecule has 1 aromatic heterocycles. The topological polar surface area (TPSA) is 80.0 Å². The smallest absolute Gasteiger partial charge is 0.339 e. The van der Waals surface area contributed by atoms with Crippen LogP contribution in [0.15, 0.2) is 27.4 Å². The first-order chi connectivity index (χ1) is 13.3. The maximum absolute atomic E-state index is 13.1. The summed E-state index contributed by atoms with van der Waals surface area (Å²) < 4.78 is 11.3. The summed E-state index contributed by atoms with van der Waals surface area (Å²) in [6, 6.07) is 5.54. The molecule has 2 bridgehead atoms. The van der Waals surface area contributed by atoms with Gasteiger partial charge in [-0.25, -0.2) is 4.79 Å². The lowest BCUT2D eigenvalue weighted by Gasteiger charge is -2.48. The summed E-state index contributed by atoms with van der Waals surface area (Å²) in [4.78, 5) is 27.0. The SMILES string of the molecule is Cc1c(C)c2ccc(OC(C)C(=O)N3[C@@H]4CCC[C@H]3CC(O)C4)cc2oc1=O. The molecule has 0 radical (unpaired) electrons. The van der Waals surface area contributed by atoms with Crippen molar-refractivity contribution < 1.29 is 19.1 Å². The molecule has 0 aliphatic carbocycles. The second-order valence-electron chi connectivity index (χ2n) is 8.17. The number of piperidine rings is 2. The molecular formula is C22H27NO5. The van der Waals surface area contributed by atoms with E-state index in [1.807, 2.05) is 17.9 Å². The van der Waals surface area contributed by atoms with Crippen LogP contribution in [0.5, 0.6) is 5.75 Å². The van der Waals surface area contributed by atoms with Gasteiger partial charge in [0.1, 0.15) is 11.3 Å². The van der Waals surface area contributed by atoms with Gasteiger partial charge in [-0.3, -0.25) is 4.79 Å². The Balaban J connectivity index is 1.55. The number of nitrogens with zero attached hydrogens (tertiary/aromatic N) is 1. The molecule has 150 valence electrons. The van der Waals surface area contributed by atoms with Crippen LogP contribution in [-0.2, 0) is 4.79 Å². The Morgan fingerprint density at radius 1 is 1.21 bits per heavy atom. The third kappa shape index (κ3) is 3.30. The summed E-state index contributed by atoms with van der Waals surface area (Å²) in [5.41, 5.74) is 1.60. The normalized spacial score (nSPS) is 25.6. The Hall–Kier alpha value is -2.34. The number of rotatable bonds is 3. The van der Waals surface area contributed by atoms with Gasteiger partial charge in [-0.05, 0) is 70.6 Å². The van der Waals surface area contributed by atoms with Gasteiger partial charge in [-0.2, -0.15) is 0 Å². The van der Waals surface area contributed by atoms with Crippen molar-refractivity contribution in [2.24, 2.45) is 0 Å². The van der Waals surface area contributed by atoms with Crippen LogP contribution < -0.4 is 10.4 Å². The number of ether oxygens (including phenoxy) is 1. The van der Waals surface area contributed by atoms with Crippen LogP contribution in [0.1, 0.15) is 50.2 Å². The molecule has 4 rings (SSSR count). The van der Waals surface area contributed by atoms with Gasteiger partial charge in [-0.15, -0.1) is 0 Å². The van der Waals surface area contributed by atoms with E-state index in [1.54, 1.807) is 26.0 Å². The average Bonchev–Trinajstić information content (AvgIpc) is 2.64. The lowest BCUT2D eigenvalue weighted by Crippen LogP contribution is -2.58. The average molecular weight is 385 g/mol. The highest BCUT2D eigenvalue weighted by molar-refractivity contribution is 5.83. The maximum Gasteiger partial charge on any atom is 0.339 e. The molecule has 2 aliphatic rings. The summed E-state index contributed by atoms with van der Waals surface area (Å²) in [7, 11) is 0. The third-order valence-electron chi connectivity index (χ3n) is 6.29. The van der Waals surface area contributed by atoms with Gasteiger partial charge in [0.2, 0.25) is 0 Å². The molecule has 6 heteroatoms. The number of aliphatic hydroxyl groups excluding tert-OH is 1. The fourth-order valence-electron chi connectivity index (χ4n) is 4.68. The Labute approximate surface area is 164 Å². The molecule has 4 atom stereocenters. The lowest BCUT2D eigenvalue weighted by atomic mass is 9.82. The molecule has 1 amide bonds. The first-order valence-electron chi connectivity index (χ1n) is 10.1. The van der Waals surface area contributed by atoms with Gasteiger partial charge in [0.25, 0.3) is 5.91 Å². The highest BCUT2D eigenvalue weighted by Crippen LogP contribution is 2.35. The van der Waals surface area contributed by atoms with E-state index in [1.165, 1.54) is 0 Å². The van der Waals surface area contributed by atoms with Gasteiger partial charge in [-0.1, -0.05) is 0 Å². The fraction of sp³-hybridized carbons (Fsp3) is 0.545. The Morgan fingerprint density at radius 3 is 2.57 bits per heavy atom. The summed E-state index contributed by atoms with van der Waals surface area (Å²) in [5.74, 6) is 0.463. The highest BCUT2D eigenvalue weighted by Gasteiger charge is 2.42.